The minimum absolute atomic E-state index is 0.241. The lowest BCUT2D eigenvalue weighted by molar-refractivity contribution is -0.132. The lowest BCUT2D eigenvalue weighted by Crippen LogP contribution is -2.03. The van der Waals surface area contributed by atoms with Crippen molar-refractivity contribution < 1.29 is 19.0 Å². The van der Waals surface area contributed by atoms with Gasteiger partial charge in [-0.15, -0.1) is 5.10 Å². The van der Waals surface area contributed by atoms with Crippen molar-refractivity contribution in [3.63, 3.8) is 0 Å². The maximum absolute atomic E-state index is 10.9. The standard InChI is InChI=1S/C13H14N2O4/c1-9(16)19-13-6-7-15(14-13)11-5-4-10(17-2)8-12(11)18-3/h4-8H,1-3H3. The number of esters is 1. The molecule has 0 unspecified atom stereocenters. The summed E-state index contributed by atoms with van der Waals surface area (Å²) in [6, 6.07) is 6.96. The highest BCUT2D eigenvalue weighted by Gasteiger charge is 2.10. The smallest absolute Gasteiger partial charge is 0.309 e. The fourth-order valence-electron chi connectivity index (χ4n) is 1.62. The van der Waals surface area contributed by atoms with E-state index in [4.69, 9.17) is 14.2 Å². The summed E-state index contributed by atoms with van der Waals surface area (Å²) in [5.41, 5.74) is 0.724. The molecule has 0 bridgehead atoms. The first kappa shape index (κ1) is 12.9. The summed E-state index contributed by atoms with van der Waals surface area (Å²) in [5.74, 6) is 1.13. The molecule has 0 atom stereocenters. The normalized spacial score (nSPS) is 10.1. The number of hydrogen-bond donors (Lipinski definition) is 0. The van der Waals surface area contributed by atoms with Gasteiger partial charge in [0.1, 0.15) is 17.2 Å². The minimum Gasteiger partial charge on any atom is -0.497 e. The lowest BCUT2D eigenvalue weighted by atomic mass is 10.3. The first-order valence-corrected chi connectivity index (χ1v) is 5.60. The third-order valence-electron chi connectivity index (χ3n) is 2.45. The van der Waals surface area contributed by atoms with Crippen LogP contribution in [-0.4, -0.2) is 30.0 Å². The summed E-state index contributed by atoms with van der Waals surface area (Å²) in [7, 11) is 3.15. The molecule has 0 aliphatic rings. The van der Waals surface area contributed by atoms with Gasteiger partial charge in [-0.05, 0) is 12.1 Å². The van der Waals surface area contributed by atoms with Crippen molar-refractivity contribution in [1.29, 1.82) is 0 Å². The number of hydrogen-bond acceptors (Lipinski definition) is 5. The average Bonchev–Trinajstić information content (AvgIpc) is 2.85. The Bertz CT molecular complexity index is 592. The molecular formula is C13H14N2O4. The van der Waals surface area contributed by atoms with E-state index in [1.54, 1.807) is 43.3 Å². The Balaban J connectivity index is 2.35. The third-order valence-corrected chi connectivity index (χ3v) is 2.45. The molecule has 0 amide bonds. The molecular weight excluding hydrogens is 248 g/mol. The second kappa shape index (κ2) is 5.43. The van der Waals surface area contributed by atoms with Gasteiger partial charge in [-0.1, -0.05) is 0 Å². The number of aromatic nitrogens is 2. The number of methoxy groups -OCH3 is 2. The Morgan fingerprint density at radius 1 is 1.21 bits per heavy atom. The number of benzene rings is 1. The van der Waals surface area contributed by atoms with Gasteiger partial charge >= 0.3 is 5.97 Å². The predicted octanol–water partition coefficient (Wildman–Crippen LogP) is 1.81. The molecule has 1 aromatic heterocycles. The summed E-state index contributed by atoms with van der Waals surface area (Å²) in [6.45, 7) is 1.33. The number of carbonyl (C=O) groups excluding carboxylic acids is 1. The van der Waals surface area contributed by atoms with E-state index in [0.717, 1.165) is 5.69 Å². The molecule has 19 heavy (non-hydrogen) atoms. The Labute approximate surface area is 110 Å². The van der Waals surface area contributed by atoms with Gasteiger partial charge in [0.15, 0.2) is 0 Å². The quantitative estimate of drug-likeness (QED) is 0.786. The molecule has 0 aliphatic heterocycles. The van der Waals surface area contributed by atoms with Crippen molar-refractivity contribution >= 4 is 5.97 Å². The van der Waals surface area contributed by atoms with E-state index in [9.17, 15) is 4.79 Å². The molecule has 0 saturated heterocycles. The van der Waals surface area contributed by atoms with E-state index in [-0.39, 0.29) is 5.88 Å². The van der Waals surface area contributed by atoms with Crippen LogP contribution in [0.25, 0.3) is 5.69 Å². The molecule has 0 spiro atoms. The monoisotopic (exact) mass is 262 g/mol. The Hall–Kier alpha value is -2.50. The van der Waals surface area contributed by atoms with Gasteiger partial charge in [0.25, 0.3) is 0 Å². The molecule has 0 saturated carbocycles. The van der Waals surface area contributed by atoms with Gasteiger partial charge in [-0.2, -0.15) is 0 Å². The van der Waals surface area contributed by atoms with Crippen molar-refractivity contribution in [3.05, 3.63) is 30.5 Å². The number of rotatable bonds is 4. The molecule has 0 fully saturated rings. The largest absolute Gasteiger partial charge is 0.497 e. The van der Waals surface area contributed by atoms with Gasteiger partial charge in [-0.3, -0.25) is 4.79 Å². The lowest BCUT2D eigenvalue weighted by Gasteiger charge is -2.09. The van der Waals surface area contributed by atoms with Crippen LogP contribution >= 0.6 is 0 Å². The second-order valence-corrected chi connectivity index (χ2v) is 3.73. The van der Waals surface area contributed by atoms with E-state index in [2.05, 4.69) is 5.10 Å². The van der Waals surface area contributed by atoms with E-state index < -0.39 is 5.97 Å². The molecule has 1 aromatic carbocycles. The van der Waals surface area contributed by atoms with Crippen LogP contribution in [0.2, 0.25) is 0 Å². The van der Waals surface area contributed by atoms with E-state index in [0.29, 0.717) is 11.5 Å². The predicted molar refractivity (Wildman–Crippen MR) is 68.0 cm³/mol. The van der Waals surface area contributed by atoms with Crippen LogP contribution in [0.1, 0.15) is 6.92 Å². The molecule has 2 aromatic rings. The van der Waals surface area contributed by atoms with Crippen LogP contribution in [0.15, 0.2) is 30.5 Å². The first-order valence-electron chi connectivity index (χ1n) is 5.60. The van der Waals surface area contributed by atoms with Gasteiger partial charge in [0, 0.05) is 25.3 Å². The Morgan fingerprint density at radius 3 is 2.63 bits per heavy atom. The number of ether oxygens (including phenoxy) is 3. The van der Waals surface area contributed by atoms with Gasteiger partial charge in [0.05, 0.1) is 14.2 Å². The zero-order valence-corrected chi connectivity index (χ0v) is 10.9. The highest BCUT2D eigenvalue weighted by Crippen LogP contribution is 2.27. The van der Waals surface area contributed by atoms with Gasteiger partial charge in [0.2, 0.25) is 5.88 Å². The van der Waals surface area contributed by atoms with Crippen molar-refractivity contribution in [2.24, 2.45) is 0 Å². The maximum Gasteiger partial charge on any atom is 0.309 e. The third kappa shape index (κ3) is 2.85. The molecule has 1 heterocycles. The van der Waals surface area contributed by atoms with Crippen LogP contribution < -0.4 is 14.2 Å². The second-order valence-electron chi connectivity index (χ2n) is 3.73. The molecule has 0 aliphatic carbocycles. The molecule has 0 radical (unpaired) electrons. The summed E-state index contributed by atoms with van der Waals surface area (Å²) in [6.07, 6.45) is 1.68. The molecule has 100 valence electrons. The number of nitrogens with zero attached hydrogens (tertiary/aromatic N) is 2. The molecule has 6 heteroatoms. The van der Waals surface area contributed by atoms with Crippen LogP contribution in [0, 0.1) is 0 Å². The van der Waals surface area contributed by atoms with Crippen molar-refractivity contribution in [2.75, 3.05) is 14.2 Å². The van der Waals surface area contributed by atoms with Crippen molar-refractivity contribution in [3.8, 4) is 23.1 Å². The first-order chi connectivity index (χ1) is 9.13. The minimum atomic E-state index is -0.410. The van der Waals surface area contributed by atoms with Crippen LogP contribution in [-0.2, 0) is 4.79 Å². The van der Waals surface area contributed by atoms with Crippen LogP contribution in [0.5, 0.6) is 17.4 Å². The average molecular weight is 262 g/mol. The van der Waals surface area contributed by atoms with Gasteiger partial charge < -0.3 is 14.2 Å². The van der Waals surface area contributed by atoms with E-state index in [1.807, 2.05) is 6.07 Å². The Morgan fingerprint density at radius 2 is 2.00 bits per heavy atom. The van der Waals surface area contributed by atoms with E-state index >= 15 is 0 Å². The fraction of sp³-hybridized carbons (Fsp3) is 0.231. The topological polar surface area (TPSA) is 62.6 Å². The summed E-state index contributed by atoms with van der Waals surface area (Å²) in [4.78, 5) is 10.9. The number of carbonyl (C=O) groups is 1. The van der Waals surface area contributed by atoms with Crippen LogP contribution in [0.3, 0.4) is 0 Å². The Kier molecular flexibility index (Phi) is 3.70. The molecule has 6 nitrogen and oxygen atoms in total. The zero-order chi connectivity index (χ0) is 13.8. The fourth-order valence-corrected chi connectivity index (χ4v) is 1.62. The highest BCUT2D eigenvalue weighted by molar-refractivity contribution is 5.68. The van der Waals surface area contributed by atoms with Crippen molar-refractivity contribution in [1.82, 2.24) is 9.78 Å². The molecule has 0 N–H and O–H groups in total. The van der Waals surface area contributed by atoms with Gasteiger partial charge in [-0.25, -0.2) is 4.68 Å². The summed E-state index contributed by atoms with van der Waals surface area (Å²) in [5, 5.41) is 4.14. The maximum atomic E-state index is 10.9. The van der Waals surface area contributed by atoms with E-state index in [1.165, 1.54) is 6.92 Å². The highest BCUT2D eigenvalue weighted by atomic mass is 16.5. The summed E-state index contributed by atoms with van der Waals surface area (Å²) < 4.78 is 16.9. The molecule has 2 rings (SSSR count). The van der Waals surface area contributed by atoms with Crippen LogP contribution in [0.4, 0.5) is 0 Å². The SMILES string of the molecule is COc1ccc(-n2ccc(OC(C)=O)n2)c(OC)c1. The summed E-state index contributed by atoms with van der Waals surface area (Å²) >= 11 is 0. The zero-order valence-electron chi connectivity index (χ0n) is 10.9. The van der Waals surface area contributed by atoms with Crippen molar-refractivity contribution in [2.45, 2.75) is 6.92 Å².